The van der Waals surface area contributed by atoms with Gasteiger partial charge in [-0.05, 0) is 23.6 Å². The second-order valence-electron chi connectivity index (χ2n) is 3.94. The lowest BCUT2D eigenvalue weighted by Crippen LogP contribution is -2.16. The Balaban J connectivity index is 2.42. The van der Waals surface area contributed by atoms with Crippen molar-refractivity contribution in [1.29, 1.82) is 0 Å². The highest BCUT2D eigenvalue weighted by Crippen LogP contribution is 2.27. The Morgan fingerprint density at radius 1 is 1.38 bits per heavy atom. The highest BCUT2D eigenvalue weighted by Gasteiger charge is 2.25. The summed E-state index contributed by atoms with van der Waals surface area (Å²) in [6, 6.07) is 4.56. The number of hydrogen-bond donors (Lipinski definition) is 2. The van der Waals surface area contributed by atoms with Gasteiger partial charge in [0.05, 0.1) is 18.5 Å². The van der Waals surface area contributed by atoms with Crippen LogP contribution in [0.15, 0.2) is 34.5 Å². The molecule has 9 heteroatoms. The fourth-order valence-electron chi connectivity index (χ4n) is 1.57. The number of anilines is 2. The number of carbonyl (C=O) groups excluding carboxylic acids is 1. The molecule has 6 nitrogen and oxygen atoms in total. The maximum Gasteiger partial charge on any atom is 0.349 e. The molecule has 0 amide bonds. The van der Waals surface area contributed by atoms with Crippen LogP contribution in [0.3, 0.4) is 0 Å². The zero-order chi connectivity index (χ0) is 15.6. The number of nitrogens with two attached hydrogens (primary N) is 1. The minimum Gasteiger partial charge on any atom is -0.465 e. The number of methoxy groups -OCH3 is 1. The van der Waals surface area contributed by atoms with Crippen LogP contribution in [0.25, 0.3) is 0 Å². The largest absolute Gasteiger partial charge is 0.465 e. The first kappa shape index (κ1) is 15.3. The van der Waals surface area contributed by atoms with Crippen LogP contribution in [0.2, 0.25) is 0 Å². The number of nitrogens with one attached hydrogen (secondary N) is 1. The summed E-state index contributed by atoms with van der Waals surface area (Å²) in [5, 5.41) is 1.44. The van der Waals surface area contributed by atoms with Crippen LogP contribution in [-0.4, -0.2) is 21.5 Å². The number of nitrogen functional groups attached to an aromatic ring is 1. The van der Waals surface area contributed by atoms with Gasteiger partial charge in [0, 0.05) is 6.07 Å². The second kappa shape index (κ2) is 5.70. The summed E-state index contributed by atoms with van der Waals surface area (Å²) in [7, 11) is -2.93. The molecule has 0 aliphatic heterocycles. The van der Waals surface area contributed by atoms with E-state index in [4.69, 9.17) is 5.73 Å². The van der Waals surface area contributed by atoms with E-state index in [1.807, 2.05) is 0 Å². The van der Waals surface area contributed by atoms with Gasteiger partial charge in [-0.15, -0.1) is 11.3 Å². The van der Waals surface area contributed by atoms with Gasteiger partial charge in [-0.25, -0.2) is 17.6 Å². The van der Waals surface area contributed by atoms with Crippen LogP contribution in [0.5, 0.6) is 0 Å². The van der Waals surface area contributed by atoms with Crippen molar-refractivity contribution in [3.63, 3.8) is 0 Å². The lowest BCUT2D eigenvalue weighted by atomic mass is 10.3. The first-order chi connectivity index (χ1) is 9.85. The maximum absolute atomic E-state index is 13.2. The minimum absolute atomic E-state index is 0.0647. The summed E-state index contributed by atoms with van der Waals surface area (Å²) in [4.78, 5) is 11.2. The van der Waals surface area contributed by atoms with Crippen molar-refractivity contribution < 1.29 is 22.3 Å². The van der Waals surface area contributed by atoms with Gasteiger partial charge in [-0.3, -0.25) is 4.72 Å². The van der Waals surface area contributed by atoms with Crippen molar-refractivity contribution in [2.75, 3.05) is 17.6 Å². The van der Waals surface area contributed by atoms with E-state index in [1.54, 1.807) is 0 Å². The number of esters is 1. The lowest BCUT2D eigenvalue weighted by Gasteiger charge is -2.10. The molecule has 1 aromatic carbocycles. The number of hydrogen-bond acceptors (Lipinski definition) is 6. The molecule has 21 heavy (non-hydrogen) atoms. The van der Waals surface area contributed by atoms with Crippen molar-refractivity contribution in [2.24, 2.45) is 0 Å². The van der Waals surface area contributed by atoms with Gasteiger partial charge in [0.15, 0.2) is 0 Å². The first-order valence-corrected chi connectivity index (χ1v) is 7.95. The molecular formula is C12H11FN2O4S2. The quantitative estimate of drug-likeness (QED) is 0.660. The number of carbonyl (C=O) groups is 1. The van der Waals surface area contributed by atoms with Gasteiger partial charge >= 0.3 is 5.97 Å². The zero-order valence-corrected chi connectivity index (χ0v) is 12.4. The topological polar surface area (TPSA) is 98.5 Å². The summed E-state index contributed by atoms with van der Waals surface area (Å²) in [6.07, 6.45) is 0. The molecular weight excluding hydrogens is 319 g/mol. The minimum atomic E-state index is -4.08. The molecule has 2 rings (SSSR count). The Bertz CT molecular complexity index is 786. The molecule has 0 aliphatic rings. The Morgan fingerprint density at radius 2 is 2.10 bits per heavy atom. The van der Waals surface area contributed by atoms with Gasteiger partial charge in [0.2, 0.25) is 0 Å². The van der Waals surface area contributed by atoms with Gasteiger partial charge < -0.3 is 10.5 Å². The van der Waals surface area contributed by atoms with E-state index in [-0.39, 0.29) is 21.1 Å². The molecule has 1 aromatic heterocycles. The van der Waals surface area contributed by atoms with Crippen molar-refractivity contribution in [3.05, 3.63) is 40.3 Å². The lowest BCUT2D eigenvalue weighted by molar-refractivity contribution is 0.0602. The third-order valence-corrected chi connectivity index (χ3v) is 4.98. The molecule has 0 radical (unpaired) electrons. The van der Waals surface area contributed by atoms with Gasteiger partial charge in [-0.1, -0.05) is 0 Å². The van der Waals surface area contributed by atoms with Crippen LogP contribution in [0.4, 0.5) is 15.8 Å². The number of thiophene rings is 1. The highest BCUT2D eigenvalue weighted by atomic mass is 32.2. The molecule has 2 aromatic rings. The van der Waals surface area contributed by atoms with E-state index in [9.17, 15) is 17.6 Å². The predicted octanol–water partition coefficient (Wildman–Crippen LogP) is 2.06. The summed E-state index contributed by atoms with van der Waals surface area (Å²) in [5.41, 5.74) is 5.56. The predicted molar refractivity (Wildman–Crippen MR) is 77.3 cm³/mol. The Kier molecular flexibility index (Phi) is 4.14. The third kappa shape index (κ3) is 3.14. The Hall–Kier alpha value is -2.13. The molecule has 0 atom stereocenters. The fourth-order valence-corrected chi connectivity index (χ4v) is 3.98. The Morgan fingerprint density at radius 3 is 2.76 bits per heavy atom. The first-order valence-electron chi connectivity index (χ1n) is 5.59. The number of rotatable bonds is 4. The monoisotopic (exact) mass is 330 g/mol. The maximum atomic E-state index is 13.2. The van der Waals surface area contributed by atoms with Crippen LogP contribution in [-0.2, 0) is 14.8 Å². The molecule has 0 unspecified atom stereocenters. The highest BCUT2D eigenvalue weighted by molar-refractivity contribution is 7.93. The summed E-state index contributed by atoms with van der Waals surface area (Å²) in [5.74, 6) is -1.40. The molecule has 112 valence electrons. The average Bonchev–Trinajstić information content (AvgIpc) is 2.92. The summed E-state index contributed by atoms with van der Waals surface area (Å²) in [6.45, 7) is 0. The molecule has 0 spiro atoms. The van der Waals surface area contributed by atoms with E-state index >= 15 is 0 Å². The average molecular weight is 330 g/mol. The van der Waals surface area contributed by atoms with E-state index in [2.05, 4.69) is 9.46 Å². The van der Waals surface area contributed by atoms with Crippen LogP contribution in [0.1, 0.15) is 9.67 Å². The molecule has 0 saturated carbocycles. The van der Waals surface area contributed by atoms with Crippen molar-refractivity contribution in [2.45, 2.75) is 4.90 Å². The number of ether oxygens (including phenoxy) is 1. The van der Waals surface area contributed by atoms with Crippen molar-refractivity contribution >= 4 is 38.7 Å². The number of halogens is 1. The molecule has 0 fully saturated rings. The summed E-state index contributed by atoms with van der Waals surface area (Å²) >= 11 is 0.928. The van der Waals surface area contributed by atoms with Crippen LogP contribution in [0, 0.1) is 5.82 Å². The van der Waals surface area contributed by atoms with Crippen LogP contribution < -0.4 is 10.5 Å². The van der Waals surface area contributed by atoms with Gasteiger partial charge in [0.25, 0.3) is 10.0 Å². The third-order valence-electron chi connectivity index (χ3n) is 2.55. The Labute approximate surface area is 124 Å². The molecule has 0 aliphatic carbocycles. The fraction of sp³-hybridized carbons (Fsp3) is 0.0833. The molecule has 1 heterocycles. The van der Waals surface area contributed by atoms with E-state index < -0.39 is 21.8 Å². The standard InChI is InChI=1S/C12H11FN2O4S2/c1-19-12(16)11-10(4-5-20-11)21(17,18)15-9-6-7(13)2-3-8(9)14/h2-6,15H,14H2,1H3. The molecule has 0 saturated heterocycles. The molecule has 3 N–H and O–H groups in total. The van der Waals surface area contributed by atoms with Gasteiger partial charge in [-0.2, -0.15) is 0 Å². The van der Waals surface area contributed by atoms with E-state index in [1.165, 1.54) is 17.5 Å². The molecule has 0 bridgehead atoms. The SMILES string of the molecule is COC(=O)c1sccc1S(=O)(=O)Nc1cc(F)ccc1N. The number of sulfonamides is 1. The van der Waals surface area contributed by atoms with Crippen LogP contribution >= 0.6 is 11.3 Å². The normalized spacial score (nSPS) is 11.1. The zero-order valence-electron chi connectivity index (χ0n) is 10.8. The van der Waals surface area contributed by atoms with E-state index in [0.29, 0.717) is 0 Å². The summed E-state index contributed by atoms with van der Waals surface area (Å²) < 4.78 is 44.4. The van der Waals surface area contributed by atoms with Crippen molar-refractivity contribution in [1.82, 2.24) is 0 Å². The smallest absolute Gasteiger partial charge is 0.349 e. The van der Waals surface area contributed by atoms with Gasteiger partial charge in [0.1, 0.15) is 15.6 Å². The number of benzene rings is 1. The van der Waals surface area contributed by atoms with E-state index in [0.717, 1.165) is 30.6 Å². The second-order valence-corrected chi connectivity index (χ2v) is 6.51. The van der Waals surface area contributed by atoms with Crippen molar-refractivity contribution in [3.8, 4) is 0 Å².